The molecule has 0 spiro atoms. The van der Waals surface area contributed by atoms with Gasteiger partial charge in [0.2, 0.25) is 12.7 Å². The molecule has 5 amide bonds. The van der Waals surface area contributed by atoms with Gasteiger partial charge in [-0.2, -0.15) is 0 Å². The Labute approximate surface area is 148 Å². The predicted molar refractivity (Wildman–Crippen MR) is 85.3 cm³/mol. The van der Waals surface area contributed by atoms with Crippen LogP contribution in [0.2, 0.25) is 0 Å². The fourth-order valence-electron chi connectivity index (χ4n) is 2.71. The van der Waals surface area contributed by atoms with Crippen LogP contribution in [-0.4, -0.2) is 48.8 Å². The second kappa shape index (κ2) is 6.54. The van der Waals surface area contributed by atoms with Gasteiger partial charge in [0, 0.05) is 0 Å². The average Bonchev–Trinajstić information content (AvgIpc) is 3.13. The summed E-state index contributed by atoms with van der Waals surface area (Å²) in [7, 11) is 0. The quantitative estimate of drug-likeness (QED) is 0.745. The van der Waals surface area contributed by atoms with Crippen molar-refractivity contribution in [3.8, 4) is 11.5 Å². The molecule has 0 bridgehead atoms. The van der Waals surface area contributed by atoms with Crippen molar-refractivity contribution in [2.24, 2.45) is 0 Å². The molecule has 26 heavy (non-hydrogen) atoms. The first-order valence-electron chi connectivity index (χ1n) is 7.86. The zero-order valence-electron chi connectivity index (χ0n) is 14.2. The highest BCUT2D eigenvalue weighted by molar-refractivity contribution is 6.10. The summed E-state index contributed by atoms with van der Waals surface area (Å²) in [5.41, 5.74) is -0.893. The van der Waals surface area contributed by atoms with Gasteiger partial charge in [-0.3, -0.25) is 19.8 Å². The molecule has 1 saturated heterocycles. The molecule has 3 rings (SSSR count). The van der Waals surface area contributed by atoms with E-state index in [-0.39, 0.29) is 13.4 Å². The standard InChI is InChI=1S/C16H17N3O7/c1-3-24-15(23)17-12(20)7-19-13(21)16(2,18-14(19)22)9-4-5-10-11(6-9)26-8-25-10/h4-6H,3,7-8H2,1-2H3,(H,18,22)(H,17,20,23)/t16-/m1/s1. The topological polar surface area (TPSA) is 123 Å². The van der Waals surface area contributed by atoms with E-state index in [9.17, 15) is 19.2 Å². The molecule has 1 aromatic carbocycles. The number of carbonyl (C=O) groups is 4. The monoisotopic (exact) mass is 363 g/mol. The van der Waals surface area contributed by atoms with Gasteiger partial charge < -0.3 is 19.5 Å². The number of fused-ring (bicyclic) bond motifs is 1. The van der Waals surface area contributed by atoms with E-state index in [1.54, 1.807) is 25.1 Å². The zero-order valence-corrected chi connectivity index (χ0v) is 14.2. The molecule has 0 aromatic heterocycles. The molecule has 138 valence electrons. The summed E-state index contributed by atoms with van der Waals surface area (Å²) in [6.45, 7) is 2.66. The first-order chi connectivity index (χ1) is 12.3. The molecular formula is C16H17N3O7. The second-order valence-corrected chi connectivity index (χ2v) is 5.78. The van der Waals surface area contributed by atoms with E-state index in [4.69, 9.17) is 9.47 Å². The summed E-state index contributed by atoms with van der Waals surface area (Å²) in [5, 5.41) is 4.51. The van der Waals surface area contributed by atoms with E-state index in [0.29, 0.717) is 17.1 Å². The van der Waals surface area contributed by atoms with Crippen molar-refractivity contribution in [2.75, 3.05) is 19.9 Å². The first-order valence-corrected chi connectivity index (χ1v) is 7.86. The summed E-state index contributed by atoms with van der Waals surface area (Å²) in [6, 6.07) is 4.13. The molecule has 10 heteroatoms. The number of nitrogens with one attached hydrogen (secondary N) is 2. The maximum absolute atomic E-state index is 12.8. The summed E-state index contributed by atoms with van der Waals surface area (Å²) in [4.78, 5) is 48.8. The Hall–Kier alpha value is -3.30. The van der Waals surface area contributed by atoms with Crippen molar-refractivity contribution in [1.82, 2.24) is 15.5 Å². The highest BCUT2D eigenvalue weighted by Crippen LogP contribution is 2.37. The Morgan fingerprint density at radius 2 is 2.04 bits per heavy atom. The largest absolute Gasteiger partial charge is 0.454 e. The maximum Gasteiger partial charge on any atom is 0.413 e. The summed E-state index contributed by atoms with van der Waals surface area (Å²) in [5.74, 6) is -0.452. The van der Waals surface area contributed by atoms with Crippen LogP contribution in [0.5, 0.6) is 11.5 Å². The van der Waals surface area contributed by atoms with Gasteiger partial charge in [-0.15, -0.1) is 0 Å². The van der Waals surface area contributed by atoms with E-state index in [0.717, 1.165) is 4.90 Å². The number of ether oxygens (including phenoxy) is 3. The number of benzene rings is 1. The number of amides is 5. The molecule has 1 fully saturated rings. The van der Waals surface area contributed by atoms with Gasteiger partial charge in [0.15, 0.2) is 11.5 Å². The zero-order chi connectivity index (χ0) is 18.9. The molecule has 0 radical (unpaired) electrons. The van der Waals surface area contributed by atoms with Gasteiger partial charge in [-0.05, 0) is 31.5 Å². The SMILES string of the molecule is CCOC(=O)NC(=O)CN1C(=O)N[C@](C)(c2ccc3c(c2)OCO3)C1=O. The van der Waals surface area contributed by atoms with Gasteiger partial charge in [0.25, 0.3) is 5.91 Å². The number of alkyl carbamates (subject to hydrolysis) is 1. The molecule has 2 heterocycles. The first kappa shape index (κ1) is 17.5. The Morgan fingerprint density at radius 3 is 2.77 bits per heavy atom. The van der Waals surface area contributed by atoms with Crippen LogP contribution in [0.15, 0.2) is 18.2 Å². The number of carbonyl (C=O) groups excluding carboxylic acids is 4. The van der Waals surface area contributed by atoms with Crippen LogP contribution in [0.4, 0.5) is 9.59 Å². The number of hydrogen-bond donors (Lipinski definition) is 2. The van der Waals surface area contributed by atoms with Gasteiger partial charge in [0.1, 0.15) is 12.1 Å². The predicted octanol–water partition coefficient (Wildman–Crippen LogP) is 0.455. The van der Waals surface area contributed by atoms with Crippen LogP contribution in [0, 0.1) is 0 Å². The summed E-state index contributed by atoms with van der Waals surface area (Å²) < 4.78 is 15.1. The summed E-state index contributed by atoms with van der Waals surface area (Å²) >= 11 is 0. The lowest BCUT2D eigenvalue weighted by Gasteiger charge is -2.22. The molecule has 0 saturated carbocycles. The fraction of sp³-hybridized carbons (Fsp3) is 0.375. The van der Waals surface area contributed by atoms with Crippen LogP contribution in [0.3, 0.4) is 0 Å². The van der Waals surface area contributed by atoms with E-state index < -0.39 is 36.0 Å². The van der Waals surface area contributed by atoms with E-state index in [1.807, 2.05) is 5.32 Å². The minimum atomic E-state index is -1.37. The lowest BCUT2D eigenvalue weighted by atomic mass is 9.91. The molecule has 2 aliphatic heterocycles. The van der Waals surface area contributed by atoms with Gasteiger partial charge in [0.05, 0.1) is 6.61 Å². The molecular weight excluding hydrogens is 346 g/mol. The van der Waals surface area contributed by atoms with Crippen molar-refractivity contribution in [2.45, 2.75) is 19.4 Å². The van der Waals surface area contributed by atoms with Crippen LogP contribution in [0.1, 0.15) is 19.4 Å². The van der Waals surface area contributed by atoms with Gasteiger partial charge >= 0.3 is 12.1 Å². The molecule has 10 nitrogen and oxygen atoms in total. The molecule has 1 aromatic rings. The number of rotatable bonds is 4. The van der Waals surface area contributed by atoms with Crippen molar-refractivity contribution < 1.29 is 33.4 Å². The van der Waals surface area contributed by atoms with Crippen LogP contribution in [-0.2, 0) is 19.9 Å². The van der Waals surface area contributed by atoms with Gasteiger partial charge in [-0.1, -0.05) is 6.07 Å². The van der Waals surface area contributed by atoms with Crippen molar-refractivity contribution in [3.63, 3.8) is 0 Å². The number of urea groups is 1. The third-order valence-corrected chi connectivity index (χ3v) is 4.04. The van der Waals surface area contributed by atoms with E-state index in [2.05, 4.69) is 10.1 Å². The van der Waals surface area contributed by atoms with Gasteiger partial charge in [-0.25, -0.2) is 9.59 Å². The maximum atomic E-state index is 12.8. The summed E-state index contributed by atoms with van der Waals surface area (Å²) in [6.07, 6.45) is -0.942. The Balaban J connectivity index is 1.75. The van der Waals surface area contributed by atoms with Crippen molar-refractivity contribution in [1.29, 1.82) is 0 Å². The van der Waals surface area contributed by atoms with E-state index in [1.165, 1.54) is 6.92 Å². The highest BCUT2D eigenvalue weighted by Gasteiger charge is 2.50. The normalized spacial score (nSPS) is 20.8. The Bertz CT molecular complexity index is 794. The van der Waals surface area contributed by atoms with Crippen molar-refractivity contribution >= 4 is 23.9 Å². The minimum absolute atomic E-state index is 0.0793. The number of imide groups is 2. The molecule has 0 unspecified atom stereocenters. The number of nitrogens with zero attached hydrogens (tertiary/aromatic N) is 1. The smallest absolute Gasteiger partial charge is 0.413 e. The van der Waals surface area contributed by atoms with Crippen LogP contribution >= 0.6 is 0 Å². The van der Waals surface area contributed by atoms with Crippen LogP contribution < -0.4 is 20.1 Å². The molecule has 1 atom stereocenters. The molecule has 0 aliphatic carbocycles. The second-order valence-electron chi connectivity index (χ2n) is 5.78. The number of hydrogen-bond acceptors (Lipinski definition) is 7. The fourth-order valence-corrected chi connectivity index (χ4v) is 2.71. The van der Waals surface area contributed by atoms with Crippen LogP contribution in [0.25, 0.3) is 0 Å². The Morgan fingerprint density at radius 1 is 1.31 bits per heavy atom. The Kier molecular flexibility index (Phi) is 4.41. The highest BCUT2D eigenvalue weighted by atomic mass is 16.7. The third-order valence-electron chi connectivity index (χ3n) is 4.04. The third kappa shape index (κ3) is 3.01. The van der Waals surface area contributed by atoms with E-state index >= 15 is 0 Å². The average molecular weight is 363 g/mol. The molecule has 2 N–H and O–H groups in total. The minimum Gasteiger partial charge on any atom is -0.454 e. The van der Waals surface area contributed by atoms with Crippen molar-refractivity contribution in [3.05, 3.63) is 23.8 Å². The molecule has 2 aliphatic rings. The lowest BCUT2D eigenvalue weighted by Crippen LogP contribution is -2.44. The lowest BCUT2D eigenvalue weighted by molar-refractivity contribution is -0.134.